The number of hydrogen-bond donors (Lipinski definition) is 3. The van der Waals surface area contributed by atoms with Crippen LogP contribution in [0.25, 0.3) is 0 Å². The van der Waals surface area contributed by atoms with Crippen molar-refractivity contribution in [3.8, 4) is 0 Å². The van der Waals surface area contributed by atoms with Crippen LogP contribution in [0, 0.1) is 5.92 Å². The van der Waals surface area contributed by atoms with Gasteiger partial charge < -0.3 is 15.3 Å². The summed E-state index contributed by atoms with van der Waals surface area (Å²) in [6.07, 6.45) is 5.27. The molecule has 19 heavy (non-hydrogen) atoms. The molecule has 0 saturated heterocycles. The van der Waals surface area contributed by atoms with E-state index in [1.165, 1.54) is 0 Å². The number of H-pyrrole nitrogens is 1. The number of aliphatic carboxylic acids is 1. The maximum Gasteiger partial charge on any atom is 0.317 e. The molecular weight excluding hydrogens is 248 g/mol. The summed E-state index contributed by atoms with van der Waals surface area (Å²) in [6.45, 7) is 0.470. The molecule has 2 atom stereocenters. The molecule has 1 fully saturated rings. The van der Waals surface area contributed by atoms with Crippen LogP contribution < -0.4 is 5.32 Å². The Kier molecular flexibility index (Phi) is 4.03. The Hall–Kier alpha value is -2.05. The van der Waals surface area contributed by atoms with Crippen LogP contribution in [0.15, 0.2) is 12.4 Å². The van der Waals surface area contributed by atoms with E-state index < -0.39 is 5.97 Å². The third kappa shape index (κ3) is 3.46. The fourth-order valence-corrected chi connectivity index (χ4v) is 2.33. The fraction of sp³-hybridized carbons (Fsp3) is 0.583. The lowest BCUT2D eigenvalue weighted by Gasteiger charge is -2.20. The molecule has 0 unspecified atom stereocenters. The van der Waals surface area contributed by atoms with E-state index in [2.05, 4.69) is 15.5 Å². The molecule has 2 amide bonds. The molecule has 0 aromatic carbocycles. The molecule has 1 aliphatic rings. The van der Waals surface area contributed by atoms with Crippen LogP contribution in [-0.2, 0) is 11.3 Å². The van der Waals surface area contributed by atoms with Gasteiger partial charge in [-0.2, -0.15) is 5.10 Å². The highest BCUT2D eigenvalue weighted by atomic mass is 16.4. The minimum atomic E-state index is -0.775. The number of amides is 2. The highest BCUT2D eigenvalue weighted by Crippen LogP contribution is 2.25. The second-order valence-electron chi connectivity index (χ2n) is 4.96. The summed E-state index contributed by atoms with van der Waals surface area (Å²) in [6, 6.07) is -0.224. The molecule has 1 aliphatic carbocycles. The van der Waals surface area contributed by atoms with E-state index in [1.807, 2.05) is 0 Å². The first-order valence-corrected chi connectivity index (χ1v) is 6.28. The summed E-state index contributed by atoms with van der Waals surface area (Å²) in [5.41, 5.74) is 0.924. The second kappa shape index (κ2) is 5.73. The van der Waals surface area contributed by atoms with E-state index in [-0.39, 0.29) is 18.0 Å². The van der Waals surface area contributed by atoms with Crippen molar-refractivity contribution in [1.82, 2.24) is 20.4 Å². The number of carboxylic acid groups (broad SMARTS) is 1. The zero-order valence-corrected chi connectivity index (χ0v) is 10.8. The molecule has 1 heterocycles. The lowest BCUT2D eigenvalue weighted by atomic mass is 10.1. The Morgan fingerprint density at radius 2 is 2.37 bits per heavy atom. The number of urea groups is 1. The third-order valence-electron chi connectivity index (χ3n) is 3.43. The predicted molar refractivity (Wildman–Crippen MR) is 67.4 cm³/mol. The Morgan fingerprint density at radius 3 is 2.95 bits per heavy atom. The van der Waals surface area contributed by atoms with Crippen LogP contribution in [0.1, 0.15) is 24.8 Å². The maximum atomic E-state index is 11.9. The van der Waals surface area contributed by atoms with Crippen LogP contribution in [0.5, 0.6) is 0 Å². The van der Waals surface area contributed by atoms with Crippen LogP contribution in [-0.4, -0.2) is 45.3 Å². The van der Waals surface area contributed by atoms with Gasteiger partial charge >= 0.3 is 12.0 Å². The van der Waals surface area contributed by atoms with Crippen molar-refractivity contribution >= 4 is 12.0 Å². The Labute approximate surface area is 111 Å². The highest BCUT2D eigenvalue weighted by Gasteiger charge is 2.30. The topological polar surface area (TPSA) is 98.3 Å². The van der Waals surface area contributed by atoms with Crippen LogP contribution >= 0.6 is 0 Å². The van der Waals surface area contributed by atoms with Crippen molar-refractivity contribution in [3.63, 3.8) is 0 Å². The van der Waals surface area contributed by atoms with Crippen molar-refractivity contribution in [2.45, 2.75) is 31.8 Å². The Morgan fingerprint density at radius 1 is 1.58 bits per heavy atom. The highest BCUT2D eigenvalue weighted by molar-refractivity contribution is 5.75. The Bertz CT molecular complexity index is 446. The molecule has 1 aromatic heterocycles. The summed E-state index contributed by atoms with van der Waals surface area (Å²) in [7, 11) is 1.70. The van der Waals surface area contributed by atoms with E-state index in [0.717, 1.165) is 12.0 Å². The molecule has 2 rings (SSSR count). The summed E-state index contributed by atoms with van der Waals surface area (Å²) in [4.78, 5) is 24.3. The number of rotatable bonds is 4. The molecule has 1 saturated carbocycles. The number of nitrogens with one attached hydrogen (secondary N) is 2. The van der Waals surface area contributed by atoms with Gasteiger partial charge in [0.15, 0.2) is 0 Å². The van der Waals surface area contributed by atoms with Gasteiger partial charge in [0.25, 0.3) is 0 Å². The van der Waals surface area contributed by atoms with Crippen molar-refractivity contribution in [1.29, 1.82) is 0 Å². The average molecular weight is 266 g/mol. The number of nitrogens with zero attached hydrogens (tertiary/aromatic N) is 2. The van der Waals surface area contributed by atoms with Gasteiger partial charge in [0.05, 0.1) is 18.7 Å². The molecule has 7 heteroatoms. The first-order chi connectivity index (χ1) is 9.06. The largest absolute Gasteiger partial charge is 0.481 e. The molecule has 0 radical (unpaired) electrons. The molecule has 104 valence electrons. The van der Waals surface area contributed by atoms with E-state index >= 15 is 0 Å². The van der Waals surface area contributed by atoms with Crippen molar-refractivity contribution in [2.24, 2.45) is 5.92 Å². The summed E-state index contributed by atoms with van der Waals surface area (Å²) in [5, 5.41) is 18.3. The molecule has 7 nitrogen and oxygen atoms in total. The predicted octanol–water partition coefficient (Wildman–Crippen LogP) is 0.804. The van der Waals surface area contributed by atoms with Crippen molar-refractivity contribution in [3.05, 3.63) is 18.0 Å². The summed E-state index contributed by atoms with van der Waals surface area (Å²) in [5.74, 6) is -1.10. The lowest BCUT2D eigenvalue weighted by Crippen LogP contribution is -2.41. The number of carboxylic acids is 1. The van der Waals surface area contributed by atoms with E-state index in [9.17, 15) is 9.59 Å². The molecule has 1 aromatic rings. The number of aromatic amines is 1. The van der Waals surface area contributed by atoms with Gasteiger partial charge in [-0.25, -0.2) is 4.79 Å². The van der Waals surface area contributed by atoms with Crippen LogP contribution in [0.2, 0.25) is 0 Å². The summed E-state index contributed by atoms with van der Waals surface area (Å²) < 4.78 is 0. The van der Waals surface area contributed by atoms with Gasteiger partial charge in [-0.05, 0) is 19.3 Å². The smallest absolute Gasteiger partial charge is 0.317 e. The van der Waals surface area contributed by atoms with Gasteiger partial charge in [0, 0.05) is 24.8 Å². The van der Waals surface area contributed by atoms with E-state index in [4.69, 9.17) is 5.11 Å². The standard InChI is InChI=1S/C12H18N4O3/c1-16(7-8-5-13-14-6-8)12(19)15-10-3-2-9(4-10)11(17)18/h5-6,9-10H,2-4,7H2,1H3,(H,13,14)(H,15,19)(H,17,18)/t9-,10+/m1/s1. The van der Waals surface area contributed by atoms with E-state index in [0.29, 0.717) is 19.4 Å². The molecular formula is C12H18N4O3. The van der Waals surface area contributed by atoms with Crippen LogP contribution in [0.4, 0.5) is 4.79 Å². The average Bonchev–Trinajstić information content (AvgIpc) is 2.99. The van der Waals surface area contributed by atoms with Crippen LogP contribution in [0.3, 0.4) is 0 Å². The number of hydrogen-bond acceptors (Lipinski definition) is 3. The van der Waals surface area contributed by atoms with E-state index in [1.54, 1.807) is 24.3 Å². The summed E-state index contributed by atoms with van der Waals surface area (Å²) >= 11 is 0. The van der Waals surface area contributed by atoms with Gasteiger partial charge in [0.1, 0.15) is 0 Å². The second-order valence-corrected chi connectivity index (χ2v) is 4.96. The fourth-order valence-electron chi connectivity index (χ4n) is 2.33. The monoisotopic (exact) mass is 266 g/mol. The maximum absolute atomic E-state index is 11.9. The van der Waals surface area contributed by atoms with Crippen molar-refractivity contribution < 1.29 is 14.7 Å². The molecule has 0 spiro atoms. The lowest BCUT2D eigenvalue weighted by molar-refractivity contribution is -0.141. The zero-order valence-electron chi connectivity index (χ0n) is 10.8. The normalized spacial score (nSPS) is 22.2. The number of carbonyl (C=O) groups is 2. The quantitative estimate of drug-likeness (QED) is 0.750. The molecule has 0 aliphatic heterocycles. The first-order valence-electron chi connectivity index (χ1n) is 6.28. The zero-order chi connectivity index (χ0) is 13.8. The molecule has 0 bridgehead atoms. The van der Waals surface area contributed by atoms with Gasteiger partial charge in [-0.3, -0.25) is 9.89 Å². The SMILES string of the molecule is CN(Cc1cn[nH]c1)C(=O)N[C@H]1CC[C@@H](C(=O)O)C1. The minimum absolute atomic E-state index is 0.0413. The van der Waals surface area contributed by atoms with Gasteiger partial charge in [-0.1, -0.05) is 0 Å². The number of aromatic nitrogens is 2. The van der Waals surface area contributed by atoms with Gasteiger partial charge in [-0.15, -0.1) is 0 Å². The minimum Gasteiger partial charge on any atom is -0.481 e. The number of carbonyl (C=O) groups excluding carboxylic acids is 1. The Balaban J connectivity index is 1.79. The van der Waals surface area contributed by atoms with Gasteiger partial charge in [0.2, 0.25) is 0 Å². The van der Waals surface area contributed by atoms with Crippen molar-refractivity contribution in [2.75, 3.05) is 7.05 Å². The first kappa shape index (κ1) is 13.4. The third-order valence-corrected chi connectivity index (χ3v) is 3.43. The molecule has 3 N–H and O–H groups in total.